The van der Waals surface area contributed by atoms with Gasteiger partial charge in [0.15, 0.2) is 5.13 Å². The number of aromatic nitrogens is 1. The lowest BCUT2D eigenvalue weighted by Gasteiger charge is -2.33. The molecule has 0 aliphatic carbocycles. The largest absolute Gasteiger partial charge is 0.363 e. The molecule has 2 aliphatic heterocycles. The SMILES string of the molecule is CC(C)CC(=O)N1CCc2nc(NC(=O)c3ccc(N4CCN(C)CC4)c([N+](=O)[O-])c3)sc2C1. The van der Waals surface area contributed by atoms with Gasteiger partial charge < -0.3 is 14.7 Å². The molecule has 34 heavy (non-hydrogen) atoms. The molecule has 182 valence electrons. The van der Waals surface area contributed by atoms with Gasteiger partial charge in [0, 0.05) is 62.1 Å². The van der Waals surface area contributed by atoms with Gasteiger partial charge in [-0.1, -0.05) is 25.2 Å². The minimum absolute atomic E-state index is 0.0741. The van der Waals surface area contributed by atoms with E-state index in [4.69, 9.17) is 0 Å². The molecule has 0 spiro atoms. The van der Waals surface area contributed by atoms with E-state index in [0.29, 0.717) is 55.8 Å². The summed E-state index contributed by atoms with van der Waals surface area (Å²) in [5, 5.41) is 15.0. The molecule has 0 unspecified atom stereocenters. The number of nitro benzene ring substituents is 1. The quantitative estimate of drug-likeness (QED) is 0.493. The van der Waals surface area contributed by atoms with E-state index in [-0.39, 0.29) is 17.2 Å². The number of nitro groups is 1. The second kappa shape index (κ2) is 10.1. The van der Waals surface area contributed by atoms with E-state index in [1.165, 1.54) is 17.4 Å². The molecule has 1 N–H and O–H groups in total. The smallest absolute Gasteiger partial charge is 0.293 e. The Bertz CT molecular complexity index is 1090. The number of benzene rings is 1. The highest BCUT2D eigenvalue weighted by Crippen LogP contribution is 2.32. The first-order valence-electron chi connectivity index (χ1n) is 11.5. The number of rotatable bonds is 6. The summed E-state index contributed by atoms with van der Waals surface area (Å²) in [6, 6.07) is 4.61. The van der Waals surface area contributed by atoms with Crippen molar-refractivity contribution in [1.82, 2.24) is 14.8 Å². The van der Waals surface area contributed by atoms with Crippen molar-refractivity contribution < 1.29 is 14.5 Å². The van der Waals surface area contributed by atoms with E-state index >= 15 is 0 Å². The number of fused-ring (bicyclic) bond motifs is 1. The van der Waals surface area contributed by atoms with Crippen molar-refractivity contribution in [3.63, 3.8) is 0 Å². The normalized spacial score (nSPS) is 16.5. The predicted molar refractivity (Wildman–Crippen MR) is 131 cm³/mol. The lowest BCUT2D eigenvalue weighted by molar-refractivity contribution is -0.384. The average molecular weight is 487 g/mol. The van der Waals surface area contributed by atoms with Gasteiger partial charge in [-0.05, 0) is 25.1 Å². The number of nitrogens with zero attached hydrogens (tertiary/aromatic N) is 5. The van der Waals surface area contributed by atoms with Crippen LogP contribution in [0.3, 0.4) is 0 Å². The number of carbonyl (C=O) groups is 2. The van der Waals surface area contributed by atoms with Crippen molar-refractivity contribution in [2.24, 2.45) is 5.92 Å². The Hall–Kier alpha value is -3.05. The predicted octanol–water partition coefficient (Wildman–Crippen LogP) is 2.99. The van der Waals surface area contributed by atoms with Gasteiger partial charge >= 0.3 is 0 Å². The van der Waals surface area contributed by atoms with Crippen molar-refractivity contribution in [2.75, 3.05) is 50.0 Å². The second-order valence-corrected chi connectivity index (χ2v) is 10.3. The van der Waals surface area contributed by atoms with E-state index in [9.17, 15) is 19.7 Å². The molecule has 2 amide bonds. The van der Waals surface area contributed by atoms with Gasteiger partial charge in [0.2, 0.25) is 5.91 Å². The van der Waals surface area contributed by atoms with Gasteiger partial charge in [0.1, 0.15) is 5.69 Å². The summed E-state index contributed by atoms with van der Waals surface area (Å²) in [6.07, 6.45) is 1.16. The summed E-state index contributed by atoms with van der Waals surface area (Å²) in [4.78, 5) is 48.1. The van der Waals surface area contributed by atoms with Crippen molar-refractivity contribution in [1.29, 1.82) is 0 Å². The van der Waals surface area contributed by atoms with E-state index in [2.05, 4.69) is 15.2 Å². The molecule has 2 aliphatic rings. The minimum Gasteiger partial charge on any atom is -0.363 e. The van der Waals surface area contributed by atoms with Crippen LogP contribution in [0.1, 0.15) is 41.2 Å². The molecular weight excluding hydrogens is 456 g/mol. The zero-order chi connectivity index (χ0) is 24.4. The maximum absolute atomic E-state index is 12.9. The lowest BCUT2D eigenvalue weighted by Crippen LogP contribution is -2.44. The molecule has 4 rings (SSSR count). The monoisotopic (exact) mass is 486 g/mol. The topological polar surface area (TPSA) is 112 Å². The third-order valence-corrected chi connectivity index (χ3v) is 7.16. The van der Waals surface area contributed by atoms with Crippen LogP contribution in [0.2, 0.25) is 0 Å². The Morgan fingerprint density at radius 1 is 1.21 bits per heavy atom. The van der Waals surface area contributed by atoms with Crippen molar-refractivity contribution in [2.45, 2.75) is 33.2 Å². The standard InChI is InChI=1S/C23H30N6O4S/c1-15(2)12-21(30)28-7-6-17-20(14-28)34-23(24-17)25-22(31)16-4-5-18(19(13-16)29(32)33)27-10-8-26(3)9-11-27/h4-5,13,15H,6-12,14H2,1-3H3,(H,24,25,31). The third kappa shape index (κ3) is 5.36. The molecule has 1 aromatic carbocycles. The van der Waals surface area contributed by atoms with Gasteiger partial charge in [-0.25, -0.2) is 4.98 Å². The summed E-state index contributed by atoms with van der Waals surface area (Å²) in [5.41, 5.74) is 1.57. The molecule has 10 nitrogen and oxygen atoms in total. The van der Waals surface area contributed by atoms with Crippen LogP contribution < -0.4 is 10.2 Å². The number of likely N-dealkylation sites (N-methyl/N-ethyl adjacent to an activating group) is 1. The summed E-state index contributed by atoms with van der Waals surface area (Å²) < 4.78 is 0. The maximum atomic E-state index is 12.9. The number of hydrogen-bond acceptors (Lipinski definition) is 8. The first-order chi connectivity index (χ1) is 16.2. The van der Waals surface area contributed by atoms with Crippen LogP contribution in [0, 0.1) is 16.0 Å². The summed E-state index contributed by atoms with van der Waals surface area (Å²) in [7, 11) is 2.02. The number of piperazine rings is 1. The van der Waals surface area contributed by atoms with Crippen LogP contribution in [0.15, 0.2) is 18.2 Å². The van der Waals surface area contributed by atoms with E-state index < -0.39 is 10.8 Å². The number of amides is 2. The van der Waals surface area contributed by atoms with Crippen LogP contribution in [0.25, 0.3) is 0 Å². The Balaban J connectivity index is 1.46. The fourth-order valence-electron chi connectivity index (χ4n) is 4.24. The van der Waals surface area contributed by atoms with Gasteiger partial charge in [-0.15, -0.1) is 0 Å². The highest BCUT2D eigenvalue weighted by molar-refractivity contribution is 7.15. The van der Waals surface area contributed by atoms with Crippen molar-refractivity contribution in [3.8, 4) is 0 Å². The minimum atomic E-state index is -0.438. The zero-order valence-corrected chi connectivity index (χ0v) is 20.6. The van der Waals surface area contributed by atoms with Crippen LogP contribution in [-0.4, -0.2) is 71.3 Å². The van der Waals surface area contributed by atoms with Crippen molar-refractivity contribution >= 4 is 39.7 Å². The fraction of sp³-hybridized carbons (Fsp3) is 0.522. The van der Waals surface area contributed by atoms with Crippen molar-refractivity contribution in [3.05, 3.63) is 44.4 Å². The molecule has 1 fully saturated rings. The molecule has 11 heteroatoms. The summed E-state index contributed by atoms with van der Waals surface area (Å²) >= 11 is 1.35. The zero-order valence-electron chi connectivity index (χ0n) is 19.7. The van der Waals surface area contributed by atoms with E-state index in [0.717, 1.165) is 23.7 Å². The lowest BCUT2D eigenvalue weighted by atomic mass is 10.1. The van der Waals surface area contributed by atoms with Gasteiger partial charge in [-0.3, -0.25) is 25.0 Å². The summed E-state index contributed by atoms with van der Waals surface area (Å²) in [5.74, 6) is -0.00356. The van der Waals surface area contributed by atoms with Crippen LogP contribution in [0.4, 0.5) is 16.5 Å². The van der Waals surface area contributed by atoms with Crippen LogP contribution in [-0.2, 0) is 17.8 Å². The molecule has 0 radical (unpaired) electrons. The molecular formula is C23H30N6O4S. The van der Waals surface area contributed by atoms with Crippen LogP contribution >= 0.6 is 11.3 Å². The Labute approximate surface area is 202 Å². The molecule has 0 bridgehead atoms. The highest BCUT2D eigenvalue weighted by atomic mass is 32.1. The highest BCUT2D eigenvalue weighted by Gasteiger charge is 2.27. The van der Waals surface area contributed by atoms with E-state index in [1.807, 2.05) is 30.7 Å². The molecule has 0 atom stereocenters. The van der Waals surface area contributed by atoms with E-state index in [1.54, 1.807) is 12.1 Å². The summed E-state index contributed by atoms with van der Waals surface area (Å²) in [6.45, 7) is 8.22. The maximum Gasteiger partial charge on any atom is 0.293 e. The average Bonchev–Trinajstić information content (AvgIpc) is 3.20. The first-order valence-corrected chi connectivity index (χ1v) is 12.3. The fourth-order valence-corrected chi connectivity index (χ4v) is 5.25. The number of nitrogens with one attached hydrogen (secondary N) is 1. The van der Waals surface area contributed by atoms with Gasteiger partial charge in [0.05, 0.1) is 17.2 Å². The Kier molecular flexibility index (Phi) is 7.13. The third-order valence-electron chi connectivity index (χ3n) is 6.17. The van der Waals surface area contributed by atoms with Crippen LogP contribution in [0.5, 0.6) is 0 Å². The molecule has 1 saturated heterocycles. The molecule has 0 saturated carbocycles. The van der Waals surface area contributed by atoms with Gasteiger partial charge in [0.25, 0.3) is 11.6 Å². The Morgan fingerprint density at radius 3 is 2.62 bits per heavy atom. The number of carbonyl (C=O) groups excluding carboxylic acids is 2. The number of hydrogen-bond donors (Lipinski definition) is 1. The molecule has 3 heterocycles. The second-order valence-electron chi connectivity index (χ2n) is 9.26. The molecule has 2 aromatic rings. The molecule has 1 aromatic heterocycles. The number of thiazole rings is 1. The van der Waals surface area contributed by atoms with Gasteiger partial charge in [-0.2, -0.15) is 0 Å². The first kappa shape index (κ1) is 24.1. The Morgan fingerprint density at radius 2 is 1.94 bits per heavy atom. The number of anilines is 2.